The highest BCUT2D eigenvalue weighted by molar-refractivity contribution is 5.97. The zero-order valence-electron chi connectivity index (χ0n) is 41.1. The summed E-state index contributed by atoms with van der Waals surface area (Å²) in [6, 6.07) is 39.0. The fourth-order valence-corrected chi connectivity index (χ4v) is 9.89. The van der Waals surface area contributed by atoms with E-state index in [1.165, 1.54) is 27.8 Å². The zero-order chi connectivity index (χ0) is 49.0. The standard InChI is InChI=1S/C64H56N8/c1-5-49(26-35-66-40-46-12-6-43(2)7-13-46)61-53-18-20-55(67-53)62(50-27-33-65-34-28-50)56-22-23-58(69-56)64(52-31-38-72(39-32-52)42-48-16-10-45(4)11-17-48)60-25-24-59(70-60)63(57-21-19-54(61)68-57)51-29-36-71(37-30-51)41-47-14-8-44(3)9-15-47/h5-17,19,21-36,38-39H,1,18,20,37,40-42H2,2-4H3,(H,68,69,70)/p+1/b49-26+,66-35?. The first-order chi connectivity index (χ1) is 35.3. The molecule has 0 atom stereocenters. The van der Waals surface area contributed by atoms with Crippen LogP contribution in [0.1, 0.15) is 78.7 Å². The minimum absolute atomic E-state index is 0.583. The van der Waals surface area contributed by atoms with Crippen LogP contribution in [0.5, 0.6) is 0 Å². The molecule has 0 spiro atoms. The van der Waals surface area contributed by atoms with Crippen molar-refractivity contribution in [1.29, 1.82) is 0 Å². The average Bonchev–Trinajstić information content (AvgIpc) is 4.27. The molecule has 2 N–H and O–H groups in total. The van der Waals surface area contributed by atoms with Gasteiger partial charge < -0.3 is 14.9 Å². The molecule has 0 saturated carbocycles. The van der Waals surface area contributed by atoms with E-state index in [4.69, 9.17) is 15.0 Å². The largest absolute Gasteiger partial charge is 0.369 e. The van der Waals surface area contributed by atoms with E-state index in [9.17, 15) is 0 Å². The Balaban J connectivity index is 1.12. The number of nitrogens with zero attached hydrogens (tertiary/aromatic N) is 6. The van der Waals surface area contributed by atoms with E-state index in [0.29, 0.717) is 6.54 Å². The van der Waals surface area contributed by atoms with Crippen LogP contribution >= 0.6 is 0 Å². The van der Waals surface area contributed by atoms with E-state index in [2.05, 4.69) is 222 Å². The Morgan fingerprint density at radius 2 is 1.21 bits per heavy atom. The third-order valence-electron chi connectivity index (χ3n) is 13.8. The summed E-state index contributed by atoms with van der Waals surface area (Å²) in [5.74, 6) is 0. The number of benzene rings is 3. The number of aromatic nitrogens is 6. The number of allylic oxidation sites excluding steroid dienone is 5. The number of nitrogens with one attached hydrogen (secondary N) is 2. The zero-order valence-corrected chi connectivity index (χ0v) is 41.1. The van der Waals surface area contributed by atoms with Gasteiger partial charge in [0.15, 0.2) is 18.9 Å². The van der Waals surface area contributed by atoms with Crippen LogP contribution in [-0.4, -0.2) is 42.6 Å². The molecule has 0 unspecified atom stereocenters. The summed E-state index contributed by atoms with van der Waals surface area (Å²) < 4.78 is 2.23. The van der Waals surface area contributed by atoms with Gasteiger partial charge in [-0.2, -0.15) is 0 Å². The molecule has 0 saturated heterocycles. The van der Waals surface area contributed by atoms with Crippen LogP contribution in [-0.2, 0) is 32.5 Å². The predicted molar refractivity (Wildman–Crippen MR) is 297 cm³/mol. The van der Waals surface area contributed by atoms with Gasteiger partial charge in [0, 0.05) is 100 Å². The molecule has 8 heteroatoms. The molecule has 8 heterocycles. The molecule has 0 amide bonds. The van der Waals surface area contributed by atoms with Crippen LogP contribution in [0.3, 0.4) is 0 Å². The van der Waals surface area contributed by atoms with Gasteiger partial charge in [-0.1, -0.05) is 108 Å². The molecule has 4 aliphatic heterocycles. The second-order valence-corrected chi connectivity index (χ2v) is 19.0. The second-order valence-electron chi connectivity index (χ2n) is 19.0. The molecule has 0 aliphatic carbocycles. The Hall–Kier alpha value is -8.75. The highest BCUT2D eigenvalue weighted by Gasteiger charge is 2.23. The Morgan fingerprint density at radius 3 is 1.88 bits per heavy atom. The van der Waals surface area contributed by atoms with Gasteiger partial charge >= 0.3 is 0 Å². The van der Waals surface area contributed by atoms with Crippen LogP contribution in [0, 0.1) is 20.8 Å². The van der Waals surface area contributed by atoms with Gasteiger partial charge in [-0.05, 0) is 128 Å². The number of pyridine rings is 2. The van der Waals surface area contributed by atoms with Crippen molar-refractivity contribution in [2.75, 3.05) is 6.54 Å². The average molecular weight is 938 g/mol. The molecule has 8 bridgehead atoms. The number of hydrogen-bond acceptors (Lipinski definition) is 5. The van der Waals surface area contributed by atoms with Crippen LogP contribution in [0.2, 0.25) is 0 Å². The van der Waals surface area contributed by atoms with E-state index in [1.54, 1.807) is 0 Å². The number of H-pyrrole nitrogens is 2. The smallest absolute Gasteiger partial charge is 0.173 e. The summed E-state index contributed by atoms with van der Waals surface area (Å²) in [4.78, 5) is 30.6. The molecule has 0 fully saturated rings. The number of aryl methyl sites for hydroxylation is 5. The predicted octanol–water partition coefficient (Wildman–Crippen LogP) is 13.4. The van der Waals surface area contributed by atoms with Crippen LogP contribution in [0.25, 0.3) is 68.7 Å². The van der Waals surface area contributed by atoms with Crippen molar-refractivity contribution in [3.8, 4) is 22.3 Å². The number of aliphatic imine (C=N–C) groups is 1. The van der Waals surface area contributed by atoms with E-state index in [1.807, 2.05) is 24.7 Å². The molecular formula is C64H57N8+. The Morgan fingerprint density at radius 1 is 0.625 bits per heavy atom. The van der Waals surface area contributed by atoms with Crippen molar-refractivity contribution in [3.05, 3.63) is 250 Å². The lowest BCUT2D eigenvalue weighted by Crippen LogP contribution is -2.33. The van der Waals surface area contributed by atoms with Gasteiger partial charge in [-0.15, -0.1) is 0 Å². The van der Waals surface area contributed by atoms with Gasteiger partial charge in [0.2, 0.25) is 0 Å². The lowest BCUT2D eigenvalue weighted by atomic mass is 9.99. The van der Waals surface area contributed by atoms with Gasteiger partial charge in [-0.25, -0.2) is 14.5 Å². The summed E-state index contributed by atoms with van der Waals surface area (Å²) in [5, 5.41) is 0. The maximum Gasteiger partial charge on any atom is 0.173 e. The van der Waals surface area contributed by atoms with Gasteiger partial charge in [0.05, 0.1) is 29.3 Å². The van der Waals surface area contributed by atoms with E-state index in [-0.39, 0.29) is 0 Å². The highest BCUT2D eigenvalue weighted by atomic mass is 15.1. The van der Waals surface area contributed by atoms with Crippen LogP contribution < -0.4 is 4.57 Å². The van der Waals surface area contributed by atoms with E-state index >= 15 is 0 Å². The monoisotopic (exact) mass is 937 g/mol. The molecular weight excluding hydrogens is 881 g/mol. The number of rotatable bonds is 12. The molecule has 8 nitrogen and oxygen atoms in total. The molecule has 3 aromatic carbocycles. The maximum absolute atomic E-state index is 5.57. The number of fused-ring (bicyclic) bond motifs is 8. The minimum Gasteiger partial charge on any atom is -0.369 e. The first kappa shape index (κ1) is 45.7. The van der Waals surface area contributed by atoms with Gasteiger partial charge in [0.25, 0.3) is 0 Å². The SMILES string of the molecule is C=C/C(=C\C=NCc1ccc(C)cc1)c1c2nc(c(C3=CCN(Cc4ccc(C)cc4)C=C3)c3ccc([nH]3)c(-c3cc[n+](Cc4ccc(C)cc4)cc3)c3nc(c(-c4ccncc4)c4[nH]c1CC4)C=C3)C=C2. The molecule has 11 rings (SSSR count). The normalized spacial score (nSPS) is 13.7. The van der Waals surface area contributed by atoms with Crippen LogP contribution in [0.15, 0.2) is 176 Å². The molecule has 4 aliphatic rings. The number of hydrogen-bond donors (Lipinski definition) is 2. The molecule has 352 valence electrons. The molecule has 72 heavy (non-hydrogen) atoms. The van der Waals surface area contributed by atoms with Crippen molar-refractivity contribution in [2.45, 2.75) is 53.2 Å². The summed E-state index contributed by atoms with van der Waals surface area (Å²) in [6.07, 6.45) is 30.9. The highest BCUT2D eigenvalue weighted by Crippen LogP contribution is 2.38. The molecule has 0 radical (unpaired) electrons. The fraction of sp³-hybridized carbons (Fsp3) is 0.141. The first-order valence-electron chi connectivity index (χ1n) is 24.8. The lowest BCUT2D eigenvalue weighted by molar-refractivity contribution is -0.688. The van der Waals surface area contributed by atoms with Crippen molar-refractivity contribution in [3.63, 3.8) is 0 Å². The summed E-state index contributed by atoms with van der Waals surface area (Å²) in [7, 11) is 0. The van der Waals surface area contributed by atoms with Crippen molar-refractivity contribution in [2.24, 2.45) is 4.99 Å². The topological polar surface area (TPSA) is 89.7 Å². The quantitative estimate of drug-likeness (QED) is 0.0725. The minimum atomic E-state index is 0.583. The second kappa shape index (κ2) is 20.3. The third-order valence-corrected chi connectivity index (χ3v) is 13.8. The summed E-state index contributed by atoms with van der Waals surface area (Å²) in [5.41, 5.74) is 23.3. The summed E-state index contributed by atoms with van der Waals surface area (Å²) in [6.45, 7) is 13.7. The maximum atomic E-state index is 5.57. The fourth-order valence-electron chi connectivity index (χ4n) is 9.89. The van der Waals surface area contributed by atoms with Gasteiger partial charge in [0.1, 0.15) is 0 Å². The summed E-state index contributed by atoms with van der Waals surface area (Å²) >= 11 is 0. The Bertz CT molecular complexity index is 3580. The van der Waals surface area contributed by atoms with E-state index in [0.717, 1.165) is 128 Å². The van der Waals surface area contributed by atoms with Gasteiger partial charge in [-0.3, -0.25) is 9.98 Å². The number of aromatic amines is 2. The Labute approximate surface area is 422 Å². The van der Waals surface area contributed by atoms with Crippen molar-refractivity contribution in [1.82, 2.24) is 29.8 Å². The Kier molecular flexibility index (Phi) is 12.9. The lowest BCUT2D eigenvalue weighted by Gasteiger charge is -2.23. The van der Waals surface area contributed by atoms with Crippen molar-refractivity contribution < 1.29 is 4.57 Å². The molecule has 4 aromatic heterocycles. The van der Waals surface area contributed by atoms with E-state index < -0.39 is 0 Å². The third kappa shape index (κ3) is 9.85. The first-order valence-corrected chi connectivity index (χ1v) is 24.8. The van der Waals surface area contributed by atoms with Crippen LogP contribution in [0.4, 0.5) is 0 Å². The molecule has 7 aromatic rings. The van der Waals surface area contributed by atoms with Crippen molar-refractivity contribution >= 4 is 52.7 Å².